The molecule has 2 nitrogen and oxygen atoms in total. The smallest absolute Gasteiger partial charge is 0.251 e. The van der Waals surface area contributed by atoms with Gasteiger partial charge in [0, 0.05) is 15.7 Å². The minimum absolute atomic E-state index is 0.0182. The van der Waals surface area contributed by atoms with Gasteiger partial charge in [-0.25, -0.2) is 0 Å². The van der Waals surface area contributed by atoms with Gasteiger partial charge in [-0.05, 0) is 76.4 Å². The van der Waals surface area contributed by atoms with E-state index in [2.05, 4.69) is 58.2 Å². The molecule has 0 unspecified atom stereocenters. The van der Waals surface area contributed by atoms with Crippen LogP contribution in [-0.2, 0) is 6.42 Å². The van der Waals surface area contributed by atoms with Crippen LogP contribution in [0, 0.1) is 3.57 Å². The van der Waals surface area contributed by atoms with E-state index in [4.69, 9.17) is 0 Å². The zero-order valence-corrected chi connectivity index (χ0v) is 13.8. The molecule has 0 atom stereocenters. The van der Waals surface area contributed by atoms with Gasteiger partial charge in [-0.1, -0.05) is 30.3 Å². The first-order valence-electron chi connectivity index (χ1n) is 7.05. The lowest BCUT2D eigenvalue weighted by molar-refractivity contribution is 0.0958. The molecule has 3 rings (SSSR count). The number of aryl methyl sites for hydroxylation is 1. The van der Waals surface area contributed by atoms with E-state index < -0.39 is 0 Å². The summed E-state index contributed by atoms with van der Waals surface area (Å²) in [5.74, 6) is -0.0182. The Balaban J connectivity index is 1.69. The third-order valence-corrected chi connectivity index (χ3v) is 4.43. The largest absolute Gasteiger partial charge is 0.348 e. The van der Waals surface area contributed by atoms with E-state index in [-0.39, 0.29) is 5.91 Å². The van der Waals surface area contributed by atoms with Crippen molar-refractivity contribution in [3.8, 4) is 0 Å². The molecule has 1 amide bonds. The first kappa shape index (κ1) is 14.3. The molecule has 0 spiro atoms. The van der Waals surface area contributed by atoms with Gasteiger partial charge in [0.15, 0.2) is 0 Å². The maximum atomic E-state index is 12.2. The topological polar surface area (TPSA) is 29.1 Å². The van der Waals surface area contributed by atoms with Gasteiger partial charge in [-0.2, -0.15) is 0 Å². The molecule has 21 heavy (non-hydrogen) atoms. The highest BCUT2D eigenvalue weighted by molar-refractivity contribution is 14.1. The second kappa shape index (κ2) is 6.43. The Morgan fingerprint density at radius 1 is 1.10 bits per heavy atom. The van der Waals surface area contributed by atoms with E-state index in [1.807, 2.05) is 24.3 Å². The van der Waals surface area contributed by atoms with E-state index in [0.29, 0.717) is 12.1 Å². The third kappa shape index (κ3) is 3.35. The fourth-order valence-electron chi connectivity index (χ4n) is 2.61. The summed E-state index contributed by atoms with van der Waals surface area (Å²) in [6, 6.07) is 16.1. The summed E-state index contributed by atoms with van der Waals surface area (Å²) >= 11 is 2.24. The molecule has 0 fully saturated rings. The van der Waals surface area contributed by atoms with Crippen LogP contribution >= 0.6 is 22.6 Å². The molecule has 0 radical (unpaired) electrons. The van der Waals surface area contributed by atoms with Gasteiger partial charge >= 0.3 is 0 Å². The van der Waals surface area contributed by atoms with Crippen LogP contribution in [0.3, 0.4) is 0 Å². The predicted molar refractivity (Wildman–Crippen MR) is 94.2 cm³/mol. The fraction of sp³-hybridized carbons (Fsp3) is 0.167. The standard InChI is InChI=1S/C18H16INO/c19-16-10-8-14(9-11-16)18(21)20-12-15-6-3-5-13-4-1-2-7-17(13)15/h1-2,4,6-11H,3,5,12H2,(H,20,21). The number of amides is 1. The molecule has 0 bridgehead atoms. The number of halogens is 1. The zero-order chi connectivity index (χ0) is 14.7. The Labute approximate surface area is 138 Å². The summed E-state index contributed by atoms with van der Waals surface area (Å²) in [5.41, 5.74) is 4.57. The molecule has 0 saturated heterocycles. The summed E-state index contributed by atoms with van der Waals surface area (Å²) in [6.45, 7) is 0.585. The maximum absolute atomic E-state index is 12.2. The number of nitrogens with one attached hydrogen (secondary N) is 1. The van der Waals surface area contributed by atoms with Gasteiger partial charge in [0.25, 0.3) is 5.91 Å². The average molecular weight is 389 g/mol. The van der Waals surface area contributed by atoms with Gasteiger partial charge in [-0.15, -0.1) is 0 Å². The van der Waals surface area contributed by atoms with Crippen molar-refractivity contribution in [1.82, 2.24) is 5.32 Å². The summed E-state index contributed by atoms with van der Waals surface area (Å²) in [7, 11) is 0. The van der Waals surface area contributed by atoms with Gasteiger partial charge in [-0.3, -0.25) is 4.79 Å². The molecular weight excluding hydrogens is 373 g/mol. The van der Waals surface area contributed by atoms with E-state index in [0.717, 1.165) is 16.4 Å². The maximum Gasteiger partial charge on any atom is 0.251 e. The molecule has 1 aliphatic rings. The third-order valence-electron chi connectivity index (χ3n) is 3.71. The van der Waals surface area contributed by atoms with Gasteiger partial charge < -0.3 is 5.32 Å². The summed E-state index contributed by atoms with van der Waals surface area (Å²) < 4.78 is 1.13. The van der Waals surface area contributed by atoms with Crippen LogP contribution in [0.2, 0.25) is 0 Å². The van der Waals surface area contributed by atoms with Crippen molar-refractivity contribution in [3.63, 3.8) is 0 Å². The van der Waals surface area contributed by atoms with Gasteiger partial charge in [0.1, 0.15) is 0 Å². The molecule has 1 N–H and O–H groups in total. The minimum atomic E-state index is -0.0182. The highest BCUT2D eigenvalue weighted by Crippen LogP contribution is 2.25. The molecule has 3 heteroatoms. The highest BCUT2D eigenvalue weighted by Gasteiger charge is 2.13. The van der Waals surface area contributed by atoms with Crippen molar-refractivity contribution in [2.45, 2.75) is 12.8 Å². The summed E-state index contributed by atoms with van der Waals surface area (Å²) in [5, 5.41) is 3.02. The van der Waals surface area contributed by atoms with Crippen LogP contribution in [-0.4, -0.2) is 12.5 Å². The van der Waals surface area contributed by atoms with Crippen molar-refractivity contribution in [2.75, 3.05) is 6.54 Å². The molecule has 2 aromatic rings. The zero-order valence-electron chi connectivity index (χ0n) is 11.6. The lowest BCUT2D eigenvalue weighted by atomic mass is 9.91. The normalized spacial score (nSPS) is 13.3. The molecule has 2 aromatic carbocycles. The summed E-state index contributed by atoms with van der Waals surface area (Å²) in [4.78, 5) is 12.2. The van der Waals surface area contributed by atoms with Gasteiger partial charge in [0.05, 0.1) is 0 Å². The second-order valence-electron chi connectivity index (χ2n) is 5.11. The van der Waals surface area contributed by atoms with Crippen LogP contribution in [0.5, 0.6) is 0 Å². The number of fused-ring (bicyclic) bond motifs is 1. The number of carbonyl (C=O) groups is 1. The number of allylic oxidation sites excluding steroid dienone is 1. The number of benzene rings is 2. The van der Waals surface area contributed by atoms with Crippen molar-refractivity contribution in [2.24, 2.45) is 0 Å². The number of hydrogen-bond donors (Lipinski definition) is 1. The van der Waals surface area contributed by atoms with Crippen LogP contribution in [0.4, 0.5) is 0 Å². The highest BCUT2D eigenvalue weighted by atomic mass is 127. The quantitative estimate of drug-likeness (QED) is 0.789. The van der Waals surface area contributed by atoms with E-state index >= 15 is 0 Å². The Morgan fingerprint density at radius 2 is 1.86 bits per heavy atom. The van der Waals surface area contributed by atoms with Crippen molar-refractivity contribution < 1.29 is 4.79 Å². The Kier molecular flexibility index (Phi) is 4.39. The van der Waals surface area contributed by atoms with Crippen LogP contribution in [0.15, 0.2) is 54.6 Å². The first-order valence-corrected chi connectivity index (χ1v) is 8.13. The lowest BCUT2D eigenvalue weighted by Crippen LogP contribution is -2.26. The summed E-state index contributed by atoms with van der Waals surface area (Å²) in [6.07, 6.45) is 4.37. The molecule has 0 aromatic heterocycles. The number of carbonyl (C=O) groups excluding carboxylic acids is 1. The monoisotopic (exact) mass is 389 g/mol. The second-order valence-corrected chi connectivity index (χ2v) is 6.36. The number of rotatable bonds is 3. The van der Waals surface area contributed by atoms with Crippen molar-refractivity contribution >= 4 is 34.1 Å². The fourth-order valence-corrected chi connectivity index (χ4v) is 2.97. The molecule has 106 valence electrons. The minimum Gasteiger partial charge on any atom is -0.348 e. The molecule has 0 heterocycles. The average Bonchev–Trinajstić information content (AvgIpc) is 2.53. The van der Waals surface area contributed by atoms with Crippen LogP contribution in [0.1, 0.15) is 27.9 Å². The predicted octanol–water partition coefficient (Wildman–Crippen LogP) is 4.05. The molecular formula is C18H16INO. The van der Waals surface area contributed by atoms with E-state index in [1.165, 1.54) is 16.7 Å². The van der Waals surface area contributed by atoms with E-state index in [1.54, 1.807) is 0 Å². The van der Waals surface area contributed by atoms with Gasteiger partial charge in [0.2, 0.25) is 0 Å². The molecule has 0 aliphatic heterocycles. The number of hydrogen-bond acceptors (Lipinski definition) is 1. The first-order chi connectivity index (χ1) is 10.2. The van der Waals surface area contributed by atoms with Crippen molar-refractivity contribution in [3.05, 3.63) is 74.9 Å². The Morgan fingerprint density at radius 3 is 2.67 bits per heavy atom. The van der Waals surface area contributed by atoms with Crippen molar-refractivity contribution in [1.29, 1.82) is 0 Å². The van der Waals surface area contributed by atoms with Crippen LogP contribution in [0.25, 0.3) is 5.57 Å². The molecule has 0 saturated carbocycles. The van der Waals surface area contributed by atoms with E-state index in [9.17, 15) is 4.79 Å². The Hall–Kier alpha value is -1.62. The lowest BCUT2D eigenvalue weighted by Gasteiger charge is -2.18. The molecule has 1 aliphatic carbocycles. The van der Waals surface area contributed by atoms with Crippen LogP contribution < -0.4 is 5.32 Å². The Bertz CT molecular complexity index is 689. The SMILES string of the molecule is O=C(NCC1=CCCc2ccccc21)c1ccc(I)cc1.